The molecule has 148 valence electrons. The van der Waals surface area contributed by atoms with E-state index >= 15 is 0 Å². The first-order chi connectivity index (χ1) is 12.7. The number of thiophene rings is 1. The smallest absolute Gasteiger partial charge is 0.191 e. The predicted octanol–water partition coefficient (Wildman–Crippen LogP) is 4.61. The van der Waals surface area contributed by atoms with Crippen LogP contribution in [-0.4, -0.2) is 38.7 Å². The summed E-state index contributed by atoms with van der Waals surface area (Å²) in [5.41, 5.74) is 2.69. The zero-order chi connectivity index (χ0) is 18.4. The number of piperidine rings is 1. The second kappa shape index (κ2) is 10.9. The number of benzene rings is 1. The minimum Gasteiger partial charge on any atom is -0.363 e. The van der Waals surface area contributed by atoms with Crippen LogP contribution in [0.2, 0.25) is 0 Å². The van der Waals surface area contributed by atoms with Crippen LogP contribution in [0, 0.1) is 6.92 Å². The number of nitrogens with zero attached hydrogens (tertiary/aromatic N) is 2. The molecule has 6 heteroatoms. The van der Waals surface area contributed by atoms with Crippen LogP contribution in [0.4, 0.5) is 5.00 Å². The number of hydrogen-bond acceptors (Lipinski definition) is 3. The van der Waals surface area contributed by atoms with Gasteiger partial charge in [0, 0.05) is 32.7 Å². The van der Waals surface area contributed by atoms with Crippen LogP contribution in [0.5, 0.6) is 0 Å². The molecule has 1 aliphatic heterocycles. The normalized spacial score (nSPS) is 16.6. The first-order valence-electron chi connectivity index (χ1n) is 9.48. The monoisotopic (exact) mass is 498 g/mol. The minimum atomic E-state index is 0. The predicted molar refractivity (Wildman–Crippen MR) is 129 cm³/mol. The maximum absolute atomic E-state index is 4.42. The highest BCUT2D eigenvalue weighted by Crippen LogP contribution is 2.24. The maximum atomic E-state index is 4.42. The molecule has 1 aromatic heterocycles. The molecule has 0 bridgehead atoms. The molecule has 0 amide bonds. The van der Waals surface area contributed by atoms with Crippen molar-refractivity contribution in [2.24, 2.45) is 4.99 Å². The van der Waals surface area contributed by atoms with E-state index in [0.717, 1.165) is 38.4 Å². The fraction of sp³-hybridized carbons (Fsp3) is 0.476. The summed E-state index contributed by atoms with van der Waals surface area (Å²) in [4.78, 5) is 6.90. The van der Waals surface area contributed by atoms with E-state index in [4.69, 9.17) is 0 Å². The quantitative estimate of drug-likeness (QED) is 0.359. The third kappa shape index (κ3) is 6.38. The van der Waals surface area contributed by atoms with Gasteiger partial charge in [0.2, 0.25) is 0 Å². The van der Waals surface area contributed by atoms with Crippen molar-refractivity contribution in [3.05, 3.63) is 52.9 Å². The number of aliphatic imine (C=N–C) groups is 1. The molecule has 27 heavy (non-hydrogen) atoms. The highest BCUT2D eigenvalue weighted by molar-refractivity contribution is 14.0. The fourth-order valence-electron chi connectivity index (χ4n) is 3.43. The number of hydrogen-bond donors (Lipinski definition) is 2. The zero-order valence-corrected chi connectivity index (χ0v) is 19.6. The number of anilines is 1. The highest BCUT2D eigenvalue weighted by atomic mass is 127. The average molecular weight is 498 g/mol. The van der Waals surface area contributed by atoms with E-state index in [1.54, 1.807) is 0 Å². The van der Waals surface area contributed by atoms with Gasteiger partial charge in [-0.2, -0.15) is 0 Å². The second-order valence-corrected chi connectivity index (χ2v) is 8.05. The molecule has 4 nitrogen and oxygen atoms in total. The van der Waals surface area contributed by atoms with Gasteiger partial charge in [0.15, 0.2) is 5.96 Å². The lowest BCUT2D eigenvalue weighted by Gasteiger charge is -2.33. The fourth-order valence-corrected chi connectivity index (χ4v) is 4.21. The van der Waals surface area contributed by atoms with Crippen LogP contribution in [-0.2, 0) is 0 Å². The van der Waals surface area contributed by atoms with Crippen LogP contribution >= 0.6 is 35.3 Å². The third-order valence-corrected chi connectivity index (χ3v) is 5.99. The van der Waals surface area contributed by atoms with Crippen LogP contribution in [0.25, 0.3) is 0 Å². The minimum absolute atomic E-state index is 0. The molecule has 2 heterocycles. The van der Waals surface area contributed by atoms with Crippen LogP contribution in [0.3, 0.4) is 0 Å². The van der Waals surface area contributed by atoms with E-state index in [0.29, 0.717) is 12.0 Å². The molecule has 3 rings (SSSR count). The summed E-state index contributed by atoms with van der Waals surface area (Å²) in [6.07, 6.45) is 2.29. The van der Waals surface area contributed by atoms with Gasteiger partial charge in [-0.15, -0.1) is 35.3 Å². The highest BCUT2D eigenvalue weighted by Gasteiger charge is 2.20. The Balaban J connectivity index is 0.00000261. The lowest BCUT2D eigenvalue weighted by atomic mass is 9.99. The summed E-state index contributed by atoms with van der Waals surface area (Å²) in [7, 11) is 1.85. The van der Waals surface area contributed by atoms with Gasteiger partial charge in [-0.3, -0.25) is 4.99 Å². The third-order valence-electron chi connectivity index (χ3n) is 5.06. The van der Waals surface area contributed by atoms with Crippen LogP contribution in [0.15, 0.2) is 46.8 Å². The zero-order valence-electron chi connectivity index (χ0n) is 16.4. The molecule has 1 unspecified atom stereocenters. The standard InChI is InChI=1S/C21H30N4S.HI/c1-16-6-4-7-18(14-16)17(2)15-23-21(22-3)24-19-9-11-25(12-10-19)20-8-5-13-26-20;/h4-8,13-14,17,19H,9-12,15H2,1-3H3,(H2,22,23,24);1H. The summed E-state index contributed by atoms with van der Waals surface area (Å²) < 4.78 is 0. The summed E-state index contributed by atoms with van der Waals surface area (Å²) in [6.45, 7) is 7.50. The summed E-state index contributed by atoms with van der Waals surface area (Å²) in [5.74, 6) is 1.37. The van der Waals surface area contributed by atoms with Crippen LogP contribution in [0.1, 0.15) is 36.8 Å². The Labute approximate surface area is 184 Å². The number of rotatable bonds is 5. The Morgan fingerprint density at radius 2 is 2.04 bits per heavy atom. The molecule has 0 spiro atoms. The number of halogens is 1. The molecular formula is C21H31IN4S. The largest absolute Gasteiger partial charge is 0.363 e. The topological polar surface area (TPSA) is 39.7 Å². The van der Waals surface area contributed by atoms with Crippen molar-refractivity contribution in [3.63, 3.8) is 0 Å². The molecule has 1 aromatic carbocycles. The number of nitrogens with one attached hydrogen (secondary N) is 2. The summed E-state index contributed by atoms with van der Waals surface area (Å²) in [5, 5.41) is 10.6. The molecule has 1 aliphatic rings. The van der Waals surface area contributed by atoms with Gasteiger partial charge in [-0.1, -0.05) is 36.8 Å². The Kier molecular flexibility index (Phi) is 8.89. The summed E-state index contributed by atoms with van der Waals surface area (Å²) in [6, 6.07) is 13.6. The van der Waals surface area contributed by atoms with Gasteiger partial charge < -0.3 is 15.5 Å². The van der Waals surface area contributed by atoms with E-state index in [2.05, 4.69) is 76.2 Å². The van der Waals surface area contributed by atoms with E-state index in [-0.39, 0.29) is 24.0 Å². The Morgan fingerprint density at radius 1 is 1.26 bits per heavy atom. The van der Waals surface area contributed by atoms with Gasteiger partial charge in [0.1, 0.15) is 0 Å². The molecule has 1 atom stereocenters. The SMILES string of the molecule is CN=C(NCC(C)c1cccc(C)c1)NC1CCN(c2cccs2)CC1.I. The first-order valence-corrected chi connectivity index (χ1v) is 10.4. The average Bonchev–Trinajstić information content (AvgIpc) is 3.20. The van der Waals surface area contributed by atoms with Crippen molar-refractivity contribution < 1.29 is 0 Å². The van der Waals surface area contributed by atoms with Gasteiger partial charge >= 0.3 is 0 Å². The van der Waals surface area contributed by atoms with Gasteiger partial charge in [-0.05, 0) is 48.8 Å². The van der Waals surface area contributed by atoms with E-state index in [1.807, 2.05) is 18.4 Å². The van der Waals surface area contributed by atoms with E-state index < -0.39 is 0 Å². The molecule has 2 aromatic rings. The van der Waals surface area contributed by atoms with Crippen molar-refractivity contribution >= 4 is 46.3 Å². The number of guanidine groups is 1. The van der Waals surface area contributed by atoms with Gasteiger partial charge in [-0.25, -0.2) is 0 Å². The van der Waals surface area contributed by atoms with Gasteiger partial charge in [0.25, 0.3) is 0 Å². The molecule has 2 N–H and O–H groups in total. The lowest BCUT2D eigenvalue weighted by Crippen LogP contribution is -2.49. The number of aryl methyl sites for hydroxylation is 1. The molecule has 0 aliphatic carbocycles. The molecular weight excluding hydrogens is 467 g/mol. The van der Waals surface area contributed by atoms with Crippen LogP contribution < -0.4 is 15.5 Å². The second-order valence-electron chi connectivity index (χ2n) is 7.13. The van der Waals surface area contributed by atoms with E-state index in [9.17, 15) is 0 Å². The molecule has 0 saturated carbocycles. The van der Waals surface area contributed by atoms with Gasteiger partial charge in [0.05, 0.1) is 5.00 Å². The van der Waals surface area contributed by atoms with E-state index in [1.165, 1.54) is 16.1 Å². The molecule has 0 radical (unpaired) electrons. The first kappa shape index (κ1) is 22.0. The Hall–Kier alpha value is -1.28. The molecule has 1 saturated heterocycles. The lowest BCUT2D eigenvalue weighted by molar-refractivity contribution is 0.462. The van der Waals surface area contributed by atoms with Crippen molar-refractivity contribution in [2.75, 3.05) is 31.6 Å². The van der Waals surface area contributed by atoms with Crippen molar-refractivity contribution in [1.29, 1.82) is 0 Å². The van der Waals surface area contributed by atoms with Crippen molar-refractivity contribution in [2.45, 2.75) is 38.6 Å². The maximum Gasteiger partial charge on any atom is 0.191 e. The van der Waals surface area contributed by atoms with Crippen molar-refractivity contribution in [1.82, 2.24) is 10.6 Å². The summed E-state index contributed by atoms with van der Waals surface area (Å²) >= 11 is 1.83. The van der Waals surface area contributed by atoms with Crippen molar-refractivity contribution in [3.8, 4) is 0 Å². The molecule has 1 fully saturated rings. The Morgan fingerprint density at radius 3 is 2.67 bits per heavy atom. The Bertz CT molecular complexity index is 709.